The van der Waals surface area contributed by atoms with Crippen LogP contribution in [0.4, 0.5) is 0 Å². The lowest BCUT2D eigenvalue weighted by atomic mass is 10.1. The van der Waals surface area contributed by atoms with Crippen molar-refractivity contribution in [3.05, 3.63) is 46.8 Å². The molecule has 0 aliphatic heterocycles. The van der Waals surface area contributed by atoms with E-state index in [2.05, 4.69) is 9.97 Å². The number of aryl methyl sites for hydroxylation is 2. The highest BCUT2D eigenvalue weighted by molar-refractivity contribution is 7.99. The maximum atomic E-state index is 11.4. The molecule has 2 heterocycles. The van der Waals surface area contributed by atoms with Gasteiger partial charge in [0.15, 0.2) is 0 Å². The second-order valence-electron chi connectivity index (χ2n) is 4.42. The lowest BCUT2D eigenvalue weighted by Crippen LogP contribution is -2.11. The number of primary amides is 1. The summed E-state index contributed by atoms with van der Waals surface area (Å²) < 4.78 is 0. The van der Waals surface area contributed by atoms with Crippen LogP contribution in [0.15, 0.2) is 34.4 Å². The molecule has 0 radical (unpaired) electrons. The summed E-state index contributed by atoms with van der Waals surface area (Å²) in [5, 5.41) is 10.2. The maximum Gasteiger partial charge on any atom is 0.338 e. The number of nitrogens with zero attached hydrogens (tertiary/aromatic N) is 2. The predicted molar refractivity (Wildman–Crippen MR) is 77.5 cm³/mol. The minimum atomic E-state index is -1.03. The quantitative estimate of drug-likeness (QED) is 0.895. The fourth-order valence-electron chi connectivity index (χ4n) is 1.82. The molecule has 1 amide bonds. The van der Waals surface area contributed by atoms with E-state index < -0.39 is 11.9 Å². The van der Waals surface area contributed by atoms with Crippen LogP contribution in [0.3, 0.4) is 0 Å². The molecule has 0 unspecified atom stereocenters. The summed E-state index contributed by atoms with van der Waals surface area (Å²) in [5.74, 6) is -1.59. The standard InChI is InChI=1S/C14H13N3O3S/c1-7-5-8(2)17-13(11(7)14(19)20)21-10-4-3-9(6-16-10)12(15)18/h3-6H,1-2H3,(H2,15,18)(H,19,20). The van der Waals surface area contributed by atoms with E-state index in [4.69, 9.17) is 5.73 Å². The number of carbonyl (C=O) groups is 2. The Bertz CT molecular complexity index is 714. The van der Waals surface area contributed by atoms with Crippen LogP contribution >= 0.6 is 11.8 Å². The Labute approximate surface area is 125 Å². The molecule has 2 aromatic rings. The summed E-state index contributed by atoms with van der Waals surface area (Å²) in [5.41, 5.74) is 6.98. The van der Waals surface area contributed by atoms with Gasteiger partial charge in [-0.15, -0.1) is 0 Å². The molecule has 0 bridgehead atoms. The molecule has 3 N–H and O–H groups in total. The maximum absolute atomic E-state index is 11.4. The zero-order valence-electron chi connectivity index (χ0n) is 11.5. The van der Waals surface area contributed by atoms with E-state index in [0.29, 0.717) is 21.2 Å². The van der Waals surface area contributed by atoms with Gasteiger partial charge in [-0.3, -0.25) is 4.79 Å². The number of aromatic nitrogens is 2. The van der Waals surface area contributed by atoms with Crippen LogP contribution in [-0.2, 0) is 0 Å². The first kappa shape index (κ1) is 15.0. The van der Waals surface area contributed by atoms with Gasteiger partial charge in [0, 0.05) is 11.9 Å². The second kappa shape index (κ2) is 5.92. The number of nitrogens with two attached hydrogens (primary N) is 1. The average molecular weight is 303 g/mol. The molecule has 108 valence electrons. The van der Waals surface area contributed by atoms with Crippen LogP contribution in [0.1, 0.15) is 32.0 Å². The van der Waals surface area contributed by atoms with Crippen LogP contribution in [0.25, 0.3) is 0 Å². The van der Waals surface area contributed by atoms with Crippen molar-refractivity contribution in [3.8, 4) is 0 Å². The smallest absolute Gasteiger partial charge is 0.338 e. The van der Waals surface area contributed by atoms with E-state index in [1.807, 2.05) is 0 Å². The third kappa shape index (κ3) is 3.38. The summed E-state index contributed by atoms with van der Waals surface area (Å²) in [6.45, 7) is 3.53. The van der Waals surface area contributed by atoms with Gasteiger partial charge in [0.05, 0.1) is 11.1 Å². The van der Waals surface area contributed by atoms with Crippen molar-refractivity contribution < 1.29 is 14.7 Å². The van der Waals surface area contributed by atoms with E-state index in [1.54, 1.807) is 32.0 Å². The van der Waals surface area contributed by atoms with E-state index >= 15 is 0 Å². The molecular formula is C14H13N3O3S. The van der Waals surface area contributed by atoms with Gasteiger partial charge in [-0.1, -0.05) is 0 Å². The third-order valence-corrected chi connectivity index (χ3v) is 3.69. The molecule has 7 heteroatoms. The first-order valence-electron chi connectivity index (χ1n) is 6.03. The molecule has 0 aliphatic rings. The lowest BCUT2D eigenvalue weighted by Gasteiger charge is -2.09. The van der Waals surface area contributed by atoms with Crippen molar-refractivity contribution in [3.63, 3.8) is 0 Å². The monoisotopic (exact) mass is 303 g/mol. The number of rotatable bonds is 4. The molecule has 6 nitrogen and oxygen atoms in total. The minimum Gasteiger partial charge on any atom is -0.478 e. The molecule has 2 aromatic heterocycles. The summed E-state index contributed by atoms with van der Waals surface area (Å²) in [6, 6.07) is 4.87. The van der Waals surface area contributed by atoms with Crippen LogP contribution in [0, 0.1) is 13.8 Å². The molecule has 0 fully saturated rings. The summed E-state index contributed by atoms with van der Waals surface area (Å²) >= 11 is 1.14. The highest BCUT2D eigenvalue weighted by Gasteiger charge is 2.17. The van der Waals surface area contributed by atoms with Crippen LogP contribution in [-0.4, -0.2) is 27.0 Å². The Balaban J connectivity index is 2.39. The number of carboxylic acids is 1. The third-order valence-electron chi connectivity index (χ3n) is 2.75. The van der Waals surface area contributed by atoms with Crippen molar-refractivity contribution in [2.24, 2.45) is 5.73 Å². The molecule has 0 aliphatic carbocycles. The van der Waals surface area contributed by atoms with E-state index in [-0.39, 0.29) is 5.56 Å². The Morgan fingerprint density at radius 3 is 2.52 bits per heavy atom. The molecular weight excluding hydrogens is 290 g/mol. The van der Waals surface area contributed by atoms with Gasteiger partial charge in [-0.25, -0.2) is 14.8 Å². The van der Waals surface area contributed by atoms with Crippen molar-refractivity contribution in [2.45, 2.75) is 23.9 Å². The van der Waals surface area contributed by atoms with Gasteiger partial charge in [-0.2, -0.15) is 0 Å². The molecule has 0 saturated carbocycles. The summed E-state index contributed by atoms with van der Waals surface area (Å²) in [7, 11) is 0. The van der Waals surface area contributed by atoms with Crippen molar-refractivity contribution in [1.82, 2.24) is 9.97 Å². The molecule has 0 spiro atoms. The number of hydrogen-bond donors (Lipinski definition) is 2. The Morgan fingerprint density at radius 1 is 1.29 bits per heavy atom. The van der Waals surface area contributed by atoms with Crippen molar-refractivity contribution in [1.29, 1.82) is 0 Å². The topological polar surface area (TPSA) is 106 Å². The van der Waals surface area contributed by atoms with Crippen LogP contribution < -0.4 is 5.73 Å². The molecule has 0 aromatic carbocycles. The van der Waals surface area contributed by atoms with Gasteiger partial charge < -0.3 is 10.8 Å². The van der Waals surface area contributed by atoms with Crippen LogP contribution in [0.2, 0.25) is 0 Å². The summed E-state index contributed by atoms with van der Waals surface area (Å²) in [4.78, 5) is 30.7. The Morgan fingerprint density at radius 2 is 2.00 bits per heavy atom. The fourth-order valence-corrected chi connectivity index (χ4v) is 2.80. The summed E-state index contributed by atoms with van der Waals surface area (Å²) in [6.07, 6.45) is 1.35. The number of pyridine rings is 2. The largest absolute Gasteiger partial charge is 0.478 e. The first-order chi connectivity index (χ1) is 9.88. The number of aromatic carboxylic acids is 1. The van der Waals surface area contributed by atoms with Gasteiger partial charge >= 0.3 is 5.97 Å². The minimum absolute atomic E-state index is 0.159. The predicted octanol–water partition coefficient (Wildman–Crippen LogP) is 2.04. The fraction of sp³-hybridized carbons (Fsp3) is 0.143. The Kier molecular flexibility index (Phi) is 4.23. The molecule has 0 atom stereocenters. The highest BCUT2D eigenvalue weighted by Crippen LogP contribution is 2.29. The van der Waals surface area contributed by atoms with Gasteiger partial charge in [0.2, 0.25) is 5.91 Å². The average Bonchev–Trinajstić information content (AvgIpc) is 2.37. The van der Waals surface area contributed by atoms with Crippen molar-refractivity contribution in [2.75, 3.05) is 0 Å². The van der Waals surface area contributed by atoms with E-state index in [1.165, 1.54) is 6.20 Å². The molecule has 2 rings (SSSR count). The zero-order chi connectivity index (χ0) is 15.6. The van der Waals surface area contributed by atoms with E-state index in [9.17, 15) is 14.7 Å². The first-order valence-corrected chi connectivity index (χ1v) is 6.85. The van der Waals surface area contributed by atoms with Gasteiger partial charge in [-0.05, 0) is 49.4 Å². The normalized spacial score (nSPS) is 10.4. The number of amides is 1. The van der Waals surface area contributed by atoms with E-state index in [0.717, 1.165) is 17.5 Å². The van der Waals surface area contributed by atoms with Gasteiger partial charge in [0.25, 0.3) is 0 Å². The number of hydrogen-bond acceptors (Lipinski definition) is 5. The number of carbonyl (C=O) groups excluding carboxylic acids is 1. The van der Waals surface area contributed by atoms with Crippen LogP contribution in [0.5, 0.6) is 0 Å². The zero-order valence-corrected chi connectivity index (χ0v) is 12.3. The Hall–Kier alpha value is -2.41. The number of carboxylic acid groups (broad SMARTS) is 1. The molecule has 21 heavy (non-hydrogen) atoms. The SMILES string of the molecule is Cc1cc(C)c(C(=O)O)c(Sc2ccc(C(N)=O)cn2)n1. The van der Waals surface area contributed by atoms with Gasteiger partial charge in [0.1, 0.15) is 10.1 Å². The highest BCUT2D eigenvalue weighted by atomic mass is 32.2. The second-order valence-corrected chi connectivity index (χ2v) is 5.43. The lowest BCUT2D eigenvalue weighted by molar-refractivity contribution is 0.0691. The van der Waals surface area contributed by atoms with Crippen molar-refractivity contribution >= 4 is 23.6 Å². The molecule has 0 saturated heterocycles.